The first-order valence-corrected chi connectivity index (χ1v) is 11.1. The van der Waals surface area contributed by atoms with E-state index >= 15 is 0 Å². The molecule has 7 nitrogen and oxygen atoms in total. The zero-order valence-electron chi connectivity index (χ0n) is 16.4. The molecule has 0 N–H and O–H groups in total. The SMILES string of the molecule is Cn1cc(CCC(=O)N2CCN(S(=O)(=O)c3ccc4ccccc4c3)CC2)cn1. The molecule has 1 aliphatic heterocycles. The first kappa shape index (κ1) is 19.6. The molecule has 0 spiro atoms. The molecule has 1 aliphatic rings. The van der Waals surface area contributed by atoms with E-state index in [1.807, 2.05) is 43.6 Å². The van der Waals surface area contributed by atoms with Crippen LogP contribution in [0, 0.1) is 0 Å². The van der Waals surface area contributed by atoms with Crippen LogP contribution in [0.2, 0.25) is 0 Å². The predicted octanol–water partition coefficient (Wildman–Crippen LogP) is 2.04. The van der Waals surface area contributed by atoms with Crippen molar-refractivity contribution in [3.8, 4) is 0 Å². The highest BCUT2D eigenvalue weighted by Gasteiger charge is 2.30. The highest BCUT2D eigenvalue weighted by molar-refractivity contribution is 7.89. The van der Waals surface area contributed by atoms with Gasteiger partial charge in [0.05, 0.1) is 11.1 Å². The van der Waals surface area contributed by atoms with E-state index in [1.165, 1.54) is 4.31 Å². The molecule has 2 aromatic carbocycles. The van der Waals surface area contributed by atoms with E-state index in [9.17, 15) is 13.2 Å². The number of aromatic nitrogens is 2. The fourth-order valence-corrected chi connectivity index (χ4v) is 5.12. The predicted molar refractivity (Wildman–Crippen MR) is 111 cm³/mol. The minimum atomic E-state index is -3.57. The smallest absolute Gasteiger partial charge is 0.243 e. The largest absolute Gasteiger partial charge is 0.340 e. The molecule has 3 aromatic rings. The third-order valence-corrected chi connectivity index (χ3v) is 7.23. The molecule has 152 valence electrons. The van der Waals surface area contributed by atoms with Gasteiger partial charge in [0, 0.05) is 45.8 Å². The van der Waals surface area contributed by atoms with Crippen molar-refractivity contribution in [1.82, 2.24) is 19.0 Å². The van der Waals surface area contributed by atoms with Crippen molar-refractivity contribution in [2.45, 2.75) is 17.7 Å². The van der Waals surface area contributed by atoms with Crippen molar-refractivity contribution in [2.24, 2.45) is 7.05 Å². The number of amides is 1. The number of piperazine rings is 1. The van der Waals surface area contributed by atoms with E-state index in [2.05, 4.69) is 5.10 Å². The summed E-state index contributed by atoms with van der Waals surface area (Å²) in [6, 6.07) is 12.9. The Labute approximate surface area is 170 Å². The Morgan fingerprint density at radius 3 is 2.45 bits per heavy atom. The van der Waals surface area contributed by atoms with E-state index in [-0.39, 0.29) is 5.91 Å². The zero-order valence-corrected chi connectivity index (χ0v) is 17.2. The molecule has 0 bridgehead atoms. The van der Waals surface area contributed by atoms with E-state index in [4.69, 9.17) is 0 Å². The molecule has 0 unspecified atom stereocenters. The second kappa shape index (κ2) is 7.96. The van der Waals surface area contributed by atoms with Crippen LogP contribution in [-0.4, -0.2) is 59.5 Å². The summed E-state index contributed by atoms with van der Waals surface area (Å²) in [6.07, 6.45) is 4.72. The number of rotatable bonds is 5. The standard InChI is InChI=1S/C21H24N4O3S/c1-23-16-17(15-22-23)6-9-21(26)24-10-12-25(13-11-24)29(27,28)20-8-7-18-4-2-3-5-19(18)14-20/h2-5,7-8,14-16H,6,9-13H2,1H3. The Morgan fingerprint density at radius 1 is 1.03 bits per heavy atom. The summed E-state index contributed by atoms with van der Waals surface area (Å²) in [5.74, 6) is 0.0524. The number of sulfonamides is 1. The summed E-state index contributed by atoms with van der Waals surface area (Å²) >= 11 is 0. The fourth-order valence-electron chi connectivity index (χ4n) is 3.67. The zero-order chi connectivity index (χ0) is 20.4. The Balaban J connectivity index is 1.38. The third-order valence-electron chi connectivity index (χ3n) is 5.34. The van der Waals surface area contributed by atoms with Gasteiger partial charge in [-0.2, -0.15) is 9.40 Å². The van der Waals surface area contributed by atoms with Gasteiger partial charge >= 0.3 is 0 Å². The molecule has 4 rings (SSSR count). The third kappa shape index (κ3) is 4.18. The van der Waals surface area contributed by atoms with Crippen LogP contribution < -0.4 is 0 Å². The van der Waals surface area contributed by atoms with E-state index < -0.39 is 10.0 Å². The molecule has 2 heterocycles. The summed E-state index contributed by atoms with van der Waals surface area (Å²) in [5, 5.41) is 6.02. The van der Waals surface area contributed by atoms with Crippen LogP contribution >= 0.6 is 0 Å². The van der Waals surface area contributed by atoms with Gasteiger partial charge in [-0.25, -0.2) is 8.42 Å². The summed E-state index contributed by atoms with van der Waals surface area (Å²) in [4.78, 5) is 14.5. The number of carbonyl (C=O) groups is 1. The van der Waals surface area contributed by atoms with Gasteiger partial charge < -0.3 is 4.90 Å². The van der Waals surface area contributed by atoms with E-state index in [0.29, 0.717) is 43.9 Å². The van der Waals surface area contributed by atoms with Crippen molar-refractivity contribution in [3.63, 3.8) is 0 Å². The monoisotopic (exact) mass is 412 g/mol. The second-order valence-electron chi connectivity index (χ2n) is 7.32. The molecular weight excluding hydrogens is 388 g/mol. The van der Waals surface area contributed by atoms with Gasteiger partial charge in [0.25, 0.3) is 0 Å². The Bertz CT molecular complexity index is 1130. The number of fused-ring (bicyclic) bond motifs is 1. The molecule has 1 amide bonds. The highest BCUT2D eigenvalue weighted by atomic mass is 32.2. The topological polar surface area (TPSA) is 75.5 Å². The molecule has 1 aromatic heterocycles. The maximum Gasteiger partial charge on any atom is 0.243 e. The molecule has 1 saturated heterocycles. The number of aryl methyl sites for hydroxylation is 2. The molecule has 0 saturated carbocycles. The number of carbonyl (C=O) groups excluding carboxylic acids is 1. The number of nitrogens with zero attached hydrogens (tertiary/aromatic N) is 4. The van der Waals surface area contributed by atoms with Crippen LogP contribution in [0.5, 0.6) is 0 Å². The second-order valence-corrected chi connectivity index (χ2v) is 9.25. The Morgan fingerprint density at radius 2 is 1.76 bits per heavy atom. The quantitative estimate of drug-likeness (QED) is 0.643. The van der Waals surface area contributed by atoms with Gasteiger partial charge in [-0.05, 0) is 34.9 Å². The van der Waals surface area contributed by atoms with Crippen molar-refractivity contribution >= 4 is 26.7 Å². The maximum atomic E-state index is 13.0. The molecule has 29 heavy (non-hydrogen) atoms. The van der Waals surface area contributed by atoms with Crippen molar-refractivity contribution in [2.75, 3.05) is 26.2 Å². The lowest BCUT2D eigenvalue weighted by molar-refractivity contribution is -0.132. The lowest BCUT2D eigenvalue weighted by Gasteiger charge is -2.34. The number of hydrogen-bond acceptors (Lipinski definition) is 4. The molecular formula is C21H24N4O3S. The number of benzene rings is 2. The average molecular weight is 413 g/mol. The Hall–Kier alpha value is -2.71. The first-order valence-electron chi connectivity index (χ1n) is 9.68. The minimum Gasteiger partial charge on any atom is -0.340 e. The lowest BCUT2D eigenvalue weighted by atomic mass is 10.1. The molecule has 0 atom stereocenters. The highest BCUT2D eigenvalue weighted by Crippen LogP contribution is 2.23. The van der Waals surface area contributed by atoms with Crippen molar-refractivity contribution in [1.29, 1.82) is 0 Å². The van der Waals surface area contributed by atoms with Gasteiger partial charge in [-0.15, -0.1) is 0 Å². The van der Waals surface area contributed by atoms with Crippen LogP contribution in [0.4, 0.5) is 0 Å². The van der Waals surface area contributed by atoms with Crippen molar-refractivity contribution < 1.29 is 13.2 Å². The van der Waals surface area contributed by atoms with Gasteiger partial charge in [0.15, 0.2) is 0 Å². The lowest BCUT2D eigenvalue weighted by Crippen LogP contribution is -2.50. The Kier molecular flexibility index (Phi) is 5.38. The molecule has 0 radical (unpaired) electrons. The minimum absolute atomic E-state index is 0.0524. The van der Waals surface area contributed by atoms with Gasteiger partial charge in [-0.3, -0.25) is 9.48 Å². The van der Waals surface area contributed by atoms with E-state index in [1.54, 1.807) is 27.9 Å². The normalized spacial score (nSPS) is 15.7. The first-order chi connectivity index (χ1) is 13.9. The summed E-state index contributed by atoms with van der Waals surface area (Å²) in [6.45, 7) is 1.46. The molecule has 8 heteroatoms. The van der Waals surface area contributed by atoms with Crippen LogP contribution in [0.25, 0.3) is 10.8 Å². The molecule has 0 aliphatic carbocycles. The van der Waals surface area contributed by atoms with Crippen molar-refractivity contribution in [3.05, 3.63) is 60.4 Å². The van der Waals surface area contributed by atoms with Gasteiger partial charge in [0.2, 0.25) is 15.9 Å². The number of hydrogen-bond donors (Lipinski definition) is 0. The van der Waals surface area contributed by atoms with Crippen LogP contribution in [0.3, 0.4) is 0 Å². The summed E-state index contributed by atoms with van der Waals surface area (Å²) in [5.41, 5.74) is 1.03. The van der Waals surface area contributed by atoms with Crippen LogP contribution in [-0.2, 0) is 28.3 Å². The van der Waals surface area contributed by atoms with E-state index in [0.717, 1.165) is 16.3 Å². The van der Waals surface area contributed by atoms with Crippen LogP contribution in [0.1, 0.15) is 12.0 Å². The molecule has 1 fully saturated rings. The summed E-state index contributed by atoms with van der Waals surface area (Å²) in [7, 11) is -1.72. The summed E-state index contributed by atoms with van der Waals surface area (Å²) < 4.78 is 29.3. The van der Waals surface area contributed by atoms with Crippen LogP contribution in [0.15, 0.2) is 59.8 Å². The average Bonchev–Trinajstić information content (AvgIpc) is 3.17. The fraction of sp³-hybridized carbons (Fsp3) is 0.333. The van der Waals surface area contributed by atoms with Gasteiger partial charge in [-0.1, -0.05) is 30.3 Å². The van der Waals surface area contributed by atoms with Gasteiger partial charge in [0.1, 0.15) is 0 Å². The maximum absolute atomic E-state index is 13.0.